The standard InChI is InChI=1S/C13H13N3/c1-10-3-5-13(6-4-10)16-9-12(7-8-14)11(2)15-16/h3-6,9H,7H2,1-2H3. The molecule has 0 aliphatic carbocycles. The fraction of sp³-hybridized carbons (Fsp3) is 0.231. The van der Waals surface area contributed by atoms with Gasteiger partial charge in [-0.25, -0.2) is 4.68 Å². The number of aromatic nitrogens is 2. The molecule has 0 fully saturated rings. The van der Waals surface area contributed by atoms with Crippen molar-refractivity contribution >= 4 is 0 Å². The molecule has 0 spiro atoms. The third kappa shape index (κ3) is 1.96. The summed E-state index contributed by atoms with van der Waals surface area (Å²) in [6.45, 7) is 3.98. The topological polar surface area (TPSA) is 41.6 Å². The van der Waals surface area contributed by atoms with Gasteiger partial charge in [0.05, 0.1) is 23.9 Å². The van der Waals surface area contributed by atoms with Crippen LogP contribution in [0.2, 0.25) is 0 Å². The van der Waals surface area contributed by atoms with Crippen molar-refractivity contribution in [1.29, 1.82) is 5.26 Å². The van der Waals surface area contributed by atoms with Crippen molar-refractivity contribution in [3.8, 4) is 11.8 Å². The molecular formula is C13H13N3. The van der Waals surface area contributed by atoms with Crippen molar-refractivity contribution in [2.24, 2.45) is 0 Å². The Morgan fingerprint density at radius 3 is 2.56 bits per heavy atom. The smallest absolute Gasteiger partial charge is 0.0671 e. The zero-order valence-electron chi connectivity index (χ0n) is 9.44. The Morgan fingerprint density at radius 2 is 1.94 bits per heavy atom. The van der Waals surface area contributed by atoms with E-state index in [0.717, 1.165) is 16.9 Å². The predicted octanol–water partition coefficient (Wildman–Crippen LogP) is 2.56. The monoisotopic (exact) mass is 211 g/mol. The van der Waals surface area contributed by atoms with Crippen LogP contribution >= 0.6 is 0 Å². The van der Waals surface area contributed by atoms with Gasteiger partial charge in [0.15, 0.2) is 0 Å². The van der Waals surface area contributed by atoms with E-state index in [1.807, 2.05) is 29.9 Å². The molecule has 0 atom stereocenters. The number of hydrogen-bond donors (Lipinski definition) is 0. The van der Waals surface area contributed by atoms with Gasteiger partial charge in [0.1, 0.15) is 0 Å². The quantitative estimate of drug-likeness (QED) is 0.766. The molecule has 1 aromatic heterocycles. The van der Waals surface area contributed by atoms with Crippen LogP contribution in [0.25, 0.3) is 5.69 Å². The largest absolute Gasteiger partial charge is 0.240 e. The molecule has 0 saturated heterocycles. The Labute approximate surface area is 94.9 Å². The first-order valence-corrected chi connectivity index (χ1v) is 5.20. The summed E-state index contributed by atoms with van der Waals surface area (Å²) in [5.41, 5.74) is 4.16. The molecule has 0 N–H and O–H groups in total. The fourth-order valence-electron chi connectivity index (χ4n) is 1.58. The van der Waals surface area contributed by atoms with Gasteiger partial charge < -0.3 is 0 Å². The molecule has 3 heteroatoms. The summed E-state index contributed by atoms with van der Waals surface area (Å²) in [5.74, 6) is 0. The molecule has 80 valence electrons. The lowest BCUT2D eigenvalue weighted by molar-refractivity contribution is 0.862. The van der Waals surface area contributed by atoms with Crippen molar-refractivity contribution in [3.63, 3.8) is 0 Å². The second-order valence-corrected chi connectivity index (χ2v) is 3.85. The normalized spacial score (nSPS) is 10.1. The number of aryl methyl sites for hydroxylation is 2. The highest BCUT2D eigenvalue weighted by Gasteiger charge is 2.05. The van der Waals surface area contributed by atoms with E-state index < -0.39 is 0 Å². The number of hydrogen-bond acceptors (Lipinski definition) is 2. The highest BCUT2D eigenvalue weighted by Crippen LogP contribution is 2.12. The molecule has 0 radical (unpaired) electrons. The summed E-state index contributed by atoms with van der Waals surface area (Å²) < 4.78 is 1.82. The minimum atomic E-state index is 0.414. The summed E-state index contributed by atoms with van der Waals surface area (Å²) >= 11 is 0. The SMILES string of the molecule is Cc1ccc(-n2cc(CC#N)c(C)n2)cc1. The maximum absolute atomic E-state index is 8.67. The maximum atomic E-state index is 8.67. The van der Waals surface area contributed by atoms with E-state index in [-0.39, 0.29) is 0 Å². The molecule has 0 aliphatic rings. The van der Waals surface area contributed by atoms with Gasteiger partial charge in [-0.1, -0.05) is 17.7 Å². The van der Waals surface area contributed by atoms with Gasteiger partial charge in [0.25, 0.3) is 0 Å². The summed E-state index contributed by atoms with van der Waals surface area (Å²) in [7, 11) is 0. The van der Waals surface area contributed by atoms with Crippen LogP contribution in [-0.4, -0.2) is 9.78 Å². The van der Waals surface area contributed by atoms with Crippen LogP contribution < -0.4 is 0 Å². The van der Waals surface area contributed by atoms with Crippen molar-refractivity contribution < 1.29 is 0 Å². The molecule has 0 aliphatic heterocycles. The predicted molar refractivity (Wildman–Crippen MR) is 62.4 cm³/mol. The summed E-state index contributed by atoms with van der Waals surface area (Å²) in [6, 6.07) is 10.3. The van der Waals surface area contributed by atoms with Crippen LogP contribution in [0.5, 0.6) is 0 Å². The van der Waals surface area contributed by atoms with E-state index in [0.29, 0.717) is 6.42 Å². The lowest BCUT2D eigenvalue weighted by Crippen LogP contribution is -1.94. The Hall–Kier alpha value is -2.08. The van der Waals surface area contributed by atoms with Crippen LogP contribution in [0.4, 0.5) is 0 Å². The number of rotatable bonds is 2. The third-order valence-electron chi connectivity index (χ3n) is 2.57. The molecule has 2 rings (SSSR count). The lowest BCUT2D eigenvalue weighted by Gasteiger charge is -2.00. The second-order valence-electron chi connectivity index (χ2n) is 3.85. The molecule has 0 unspecified atom stereocenters. The van der Waals surface area contributed by atoms with Crippen LogP contribution in [0.3, 0.4) is 0 Å². The Balaban J connectivity index is 2.38. The first-order valence-electron chi connectivity index (χ1n) is 5.20. The van der Waals surface area contributed by atoms with Crippen molar-refractivity contribution in [3.05, 3.63) is 47.3 Å². The zero-order chi connectivity index (χ0) is 11.5. The van der Waals surface area contributed by atoms with Crippen molar-refractivity contribution in [2.45, 2.75) is 20.3 Å². The minimum absolute atomic E-state index is 0.414. The van der Waals surface area contributed by atoms with E-state index in [4.69, 9.17) is 5.26 Å². The van der Waals surface area contributed by atoms with Crippen molar-refractivity contribution in [2.75, 3.05) is 0 Å². The summed E-state index contributed by atoms with van der Waals surface area (Å²) in [5, 5.41) is 13.1. The molecule has 0 bridgehead atoms. The lowest BCUT2D eigenvalue weighted by atomic mass is 10.2. The van der Waals surface area contributed by atoms with Gasteiger partial charge in [0.2, 0.25) is 0 Å². The molecule has 16 heavy (non-hydrogen) atoms. The first kappa shape index (κ1) is 10.4. The van der Waals surface area contributed by atoms with Crippen LogP contribution in [-0.2, 0) is 6.42 Å². The second kappa shape index (κ2) is 4.19. The van der Waals surface area contributed by atoms with Gasteiger partial charge in [0, 0.05) is 11.8 Å². The van der Waals surface area contributed by atoms with Gasteiger partial charge in [-0.2, -0.15) is 10.4 Å². The Kier molecular flexibility index (Phi) is 2.74. The van der Waals surface area contributed by atoms with Gasteiger partial charge >= 0.3 is 0 Å². The molecule has 0 saturated carbocycles. The van der Waals surface area contributed by atoms with Crippen LogP contribution in [0, 0.1) is 25.2 Å². The van der Waals surface area contributed by atoms with Crippen molar-refractivity contribution in [1.82, 2.24) is 9.78 Å². The molecule has 2 aromatic rings. The van der Waals surface area contributed by atoms with Crippen LogP contribution in [0.15, 0.2) is 30.5 Å². The Morgan fingerprint density at radius 1 is 1.25 bits per heavy atom. The molecular weight excluding hydrogens is 198 g/mol. The summed E-state index contributed by atoms with van der Waals surface area (Å²) in [6.07, 6.45) is 2.33. The highest BCUT2D eigenvalue weighted by molar-refractivity contribution is 5.35. The number of benzene rings is 1. The number of nitriles is 1. The van der Waals surface area contributed by atoms with Crippen LogP contribution in [0.1, 0.15) is 16.8 Å². The Bertz CT molecular complexity index is 529. The number of nitrogens with zero attached hydrogens (tertiary/aromatic N) is 3. The fourth-order valence-corrected chi connectivity index (χ4v) is 1.58. The van der Waals surface area contributed by atoms with Gasteiger partial charge in [-0.15, -0.1) is 0 Å². The van der Waals surface area contributed by atoms with Gasteiger partial charge in [-0.3, -0.25) is 0 Å². The van der Waals surface area contributed by atoms with E-state index in [1.165, 1.54) is 5.56 Å². The average molecular weight is 211 g/mol. The molecule has 1 heterocycles. The van der Waals surface area contributed by atoms with E-state index in [1.54, 1.807) is 0 Å². The third-order valence-corrected chi connectivity index (χ3v) is 2.57. The summed E-state index contributed by atoms with van der Waals surface area (Å²) in [4.78, 5) is 0. The average Bonchev–Trinajstić information content (AvgIpc) is 2.62. The minimum Gasteiger partial charge on any atom is -0.240 e. The molecule has 3 nitrogen and oxygen atoms in total. The first-order chi connectivity index (χ1) is 7.70. The van der Waals surface area contributed by atoms with E-state index in [2.05, 4.69) is 30.2 Å². The van der Waals surface area contributed by atoms with E-state index in [9.17, 15) is 0 Å². The maximum Gasteiger partial charge on any atom is 0.0671 e. The molecule has 0 amide bonds. The van der Waals surface area contributed by atoms with Gasteiger partial charge in [-0.05, 0) is 26.0 Å². The highest BCUT2D eigenvalue weighted by atomic mass is 15.3. The molecule has 1 aromatic carbocycles. The zero-order valence-corrected chi connectivity index (χ0v) is 9.44. The van der Waals surface area contributed by atoms with E-state index >= 15 is 0 Å².